The number of rotatable bonds is 3. The van der Waals surface area contributed by atoms with E-state index in [9.17, 15) is 0 Å². The first kappa shape index (κ1) is 12.3. The maximum absolute atomic E-state index is 5.95. The molecule has 3 heterocycles. The normalized spacial score (nSPS) is 10.8. The Balaban J connectivity index is 1.92. The fraction of sp³-hybridized carbons (Fsp3) is 0.154. The van der Waals surface area contributed by atoms with E-state index >= 15 is 0 Å². The number of nitrogens with zero attached hydrogens (tertiary/aromatic N) is 3. The molecule has 0 saturated carbocycles. The van der Waals surface area contributed by atoms with Gasteiger partial charge in [-0.3, -0.25) is 4.98 Å². The Hall–Kier alpha value is -1.72. The Morgan fingerprint density at radius 1 is 1.26 bits per heavy atom. The van der Waals surface area contributed by atoms with E-state index in [0.29, 0.717) is 6.54 Å². The van der Waals surface area contributed by atoms with Gasteiger partial charge in [0.1, 0.15) is 10.6 Å². The van der Waals surface area contributed by atoms with E-state index in [1.807, 2.05) is 19.1 Å². The number of hydrogen-bond acceptors (Lipinski definition) is 5. The number of pyridine rings is 1. The Kier molecular flexibility index (Phi) is 3.31. The van der Waals surface area contributed by atoms with Crippen LogP contribution in [0.1, 0.15) is 10.4 Å². The van der Waals surface area contributed by atoms with E-state index in [0.717, 1.165) is 21.6 Å². The lowest BCUT2D eigenvalue weighted by Crippen LogP contribution is -2.02. The van der Waals surface area contributed by atoms with Crippen LogP contribution in [0.3, 0.4) is 0 Å². The van der Waals surface area contributed by atoms with Crippen LogP contribution in [0.5, 0.6) is 0 Å². The first-order valence-corrected chi connectivity index (χ1v) is 6.98. The van der Waals surface area contributed by atoms with Crippen molar-refractivity contribution in [3.05, 3.63) is 46.3 Å². The molecule has 0 aliphatic heterocycles. The minimum Gasteiger partial charge on any atom is -0.365 e. The third-order valence-corrected chi connectivity index (χ3v) is 3.81. The number of aryl methyl sites for hydroxylation is 1. The summed E-state index contributed by atoms with van der Waals surface area (Å²) in [5.74, 6) is 0.774. The van der Waals surface area contributed by atoms with Gasteiger partial charge in [0.2, 0.25) is 5.28 Å². The molecule has 0 saturated heterocycles. The molecular formula is C13H11ClN4S. The third-order valence-electron chi connectivity index (χ3n) is 2.70. The van der Waals surface area contributed by atoms with Gasteiger partial charge in [-0.25, -0.2) is 9.97 Å². The molecule has 4 nitrogen and oxygen atoms in total. The first-order valence-electron chi connectivity index (χ1n) is 5.79. The van der Waals surface area contributed by atoms with Gasteiger partial charge in [0.05, 0.1) is 5.39 Å². The molecule has 3 rings (SSSR count). The zero-order chi connectivity index (χ0) is 13.2. The zero-order valence-corrected chi connectivity index (χ0v) is 11.8. The van der Waals surface area contributed by atoms with Crippen LogP contribution in [0, 0.1) is 6.92 Å². The summed E-state index contributed by atoms with van der Waals surface area (Å²) in [7, 11) is 0. The predicted molar refractivity (Wildman–Crippen MR) is 78.7 cm³/mol. The lowest BCUT2D eigenvalue weighted by atomic mass is 10.2. The predicted octanol–water partition coefficient (Wildman–Crippen LogP) is 3.66. The minimum atomic E-state index is 0.270. The quantitative estimate of drug-likeness (QED) is 0.748. The molecule has 0 spiro atoms. The summed E-state index contributed by atoms with van der Waals surface area (Å²) >= 11 is 7.57. The lowest BCUT2D eigenvalue weighted by Gasteiger charge is -2.06. The van der Waals surface area contributed by atoms with Crippen LogP contribution < -0.4 is 5.32 Å². The number of fused-ring (bicyclic) bond motifs is 1. The monoisotopic (exact) mass is 290 g/mol. The highest BCUT2D eigenvalue weighted by atomic mass is 35.5. The molecule has 0 unspecified atom stereocenters. The van der Waals surface area contributed by atoms with Crippen molar-refractivity contribution in [3.63, 3.8) is 0 Å². The number of anilines is 1. The second-order valence-corrected chi connectivity index (χ2v) is 5.70. The average molecular weight is 291 g/mol. The van der Waals surface area contributed by atoms with Gasteiger partial charge in [-0.1, -0.05) is 0 Å². The van der Waals surface area contributed by atoms with Crippen molar-refractivity contribution in [2.75, 3.05) is 5.32 Å². The minimum absolute atomic E-state index is 0.270. The van der Waals surface area contributed by atoms with Crippen molar-refractivity contribution >= 4 is 39.0 Å². The molecule has 1 N–H and O–H groups in total. The van der Waals surface area contributed by atoms with Gasteiger partial charge in [-0.2, -0.15) is 0 Å². The molecular weight excluding hydrogens is 280 g/mol. The van der Waals surface area contributed by atoms with Crippen molar-refractivity contribution < 1.29 is 0 Å². The van der Waals surface area contributed by atoms with E-state index in [4.69, 9.17) is 11.6 Å². The number of nitrogens with one attached hydrogen (secondary N) is 1. The van der Waals surface area contributed by atoms with E-state index < -0.39 is 0 Å². The van der Waals surface area contributed by atoms with Gasteiger partial charge in [0, 0.05) is 23.8 Å². The van der Waals surface area contributed by atoms with Crippen molar-refractivity contribution in [2.24, 2.45) is 0 Å². The molecule has 3 aromatic rings. The Morgan fingerprint density at radius 2 is 2.05 bits per heavy atom. The van der Waals surface area contributed by atoms with Crippen LogP contribution in [0.15, 0.2) is 30.6 Å². The smallest absolute Gasteiger partial charge is 0.225 e. The van der Waals surface area contributed by atoms with E-state index in [1.165, 1.54) is 4.88 Å². The van der Waals surface area contributed by atoms with Gasteiger partial charge in [0.25, 0.3) is 0 Å². The maximum atomic E-state index is 5.95. The summed E-state index contributed by atoms with van der Waals surface area (Å²) in [6.07, 6.45) is 3.54. The van der Waals surface area contributed by atoms with Crippen molar-refractivity contribution in [3.8, 4) is 0 Å². The number of thiophene rings is 1. The van der Waals surface area contributed by atoms with Crippen LogP contribution in [-0.4, -0.2) is 15.0 Å². The second-order valence-electron chi connectivity index (χ2n) is 4.13. The molecule has 19 heavy (non-hydrogen) atoms. The van der Waals surface area contributed by atoms with E-state index in [1.54, 1.807) is 23.7 Å². The van der Waals surface area contributed by atoms with Crippen molar-refractivity contribution in [2.45, 2.75) is 13.5 Å². The fourth-order valence-corrected chi connectivity index (χ4v) is 2.94. The molecule has 0 aliphatic rings. The first-order chi connectivity index (χ1) is 9.22. The summed E-state index contributed by atoms with van der Waals surface area (Å²) in [6.45, 7) is 2.73. The highest BCUT2D eigenvalue weighted by molar-refractivity contribution is 7.18. The fourth-order valence-electron chi connectivity index (χ4n) is 1.84. The number of halogens is 1. The summed E-state index contributed by atoms with van der Waals surface area (Å²) in [4.78, 5) is 14.6. The molecule has 0 amide bonds. The summed E-state index contributed by atoms with van der Waals surface area (Å²) in [5.41, 5.74) is 1.14. The number of hydrogen-bond donors (Lipinski definition) is 1. The van der Waals surface area contributed by atoms with Crippen molar-refractivity contribution in [1.82, 2.24) is 15.0 Å². The van der Waals surface area contributed by atoms with Crippen molar-refractivity contribution in [1.29, 1.82) is 0 Å². The second kappa shape index (κ2) is 5.11. The topological polar surface area (TPSA) is 50.7 Å². The summed E-state index contributed by atoms with van der Waals surface area (Å²) < 4.78 is 0. The molecule has 96 valence electrons. The van der Waals surface area contributed by atoms with Crippen LogP contribution in [0.25, 0.3) is 10.2 Å². The number of aromatic nitrogens is 3. The van der Waals surface area contributed by atoms with Gasteiger partial charge >= 0.3 is 0 Å². The molecule has 0 aliphatic carbocycles. The van der Waals surface area contributed by atoms with E-state index in [2.05, 4.69) is 26.3 Å². The van der Waals surface area contributed by atoms with Gasteiger partial charge in [-0.15, -0.1) is 11.3 Å². The van der Waals surface area contributed by atoms with Crippen LogP contribution in [0.4, 0.5) is 5.82 Å². The largest absolute Gasteiger partial charge is 0.365 e. The summed E-state index contributed by atoms with van der Waals surface area (Å²) in [6, 6.07) is 6.00. The average Bonchev–Trinajstić information content (AvgIpc) is 2.77. The van der Waals surface area contributed by atoms with Gasteiger partial charge in [-0.05, 0) is 42.3 Å². The third kappa shape index (κ3) is 2.67. The summed E-state index contributed by atoms with van der Waals surface area (Å²) in [5, 5.41) is 4.59. The van der Waals surface area contributed by atoms with Gasteiger partial charge in [0.15, 0.2) is 0 Å². The van der Waals surface area contributed by atoms with E-state index in [-0.39, 0.29) is 5.28 Å². The Morgan fingerprint density at radius 3 is 2.84 bits per heavy atom. The molecule has 0 radical (unpaired) electrons. The molecule has 0 aromatic carbocycles. The molecule has 0 fully saturated rings. The zero-order valence-electron chi connectivity index (χ0n) is 10.2. The molecule has 0 bridgehead atoms. The molecule has 0 atom stereocenters. The maximum Gasteiger partial charge on any atom is 0.225 e. The van der Waals surface area contributed by atoms with Crippen LogP contribution in [0.2, 0.25) is 5.28 Å². The van der Waals surface area contributed by atoms with Crippen LogP contribution in [-0.2, 0) is 6.54 Å². The molecule has 3 aromatic heterocycles. The van der Waals surface area contributed by atoms with Crippen LogP contribution >= 0.6 is 22.9 Å². The SMILES string of the molecule is Cc1cc2c(NCc3ccncc3)nc(Cl)nc2s1. The highest BCUT2D eigenvalue weighted by Gasteiger charge is 2.09. The van der Waals surface area contributed by atoms with Gasteiger partial charge < -0.3 is 5.32 Å². The highest BCUT2D eigenvalue weighted by Crippen LogP contribution is 2.29. The molecule has 6 heteroatoms. The Labute approximate surface area is 119 Å². The standard InChI is InChI=1S/C13H11ClN4S/c1-8-6-10-11(17-13(14)18-12(10)19-8)16-7-9-2-4-15-5-3-9/h2-6H,7H2,1H3,(H,16,17,18). The Bertz CT molecular complexity index is 711. The lowest BCUT2D eigenvalue weighted by molar-refractivity contribution is 1.09.